The number of hydrogen-bond acceptors (Lipinski definition) is 8. The zero-order valence-electron chi connectivity index (χ0n) is 26.1. The number of aromatic nitrogens is 2. The zero-order valence-corrected chi connectivity index (χ0v) is 26.9. The Labute approximate surface area is 270 Å². The smallest absolute Gasteiger partial charge is 0.272 e. The van der Waals surface area contributed by atoms with Gasteiger partial charge in [-0.1, -0.05) is 26.0 Å². The summed E-state index contributed by atoms with van der Waals surface area (Å²) in [6.07, 6.45) is 2.30. The molecule has 4 amide bonds. The molecule has 0 aliphatic carbocycles. The van der Waals surface area contributed by atoms with Crippen LogP contribution in [-0.2, 0) is 16.0 Å². The Balaban J connectivity index is 1.34. The van der Waals surface area contributed by atoms with Crippen LogP contribution in [-0.4, -0.2) is 88.2 Å². The molecule has 2 aromatic carbocycles. The quantitative estimate of drug-likeness (QED) is 0.350. The predicted molar refractivity (Wildman–Crippen MR) is 172 cm³/mol. The highest BCUT2D eigenvalue weighted by molar-refractivity contribution is 7.15. The van der Waals surface area contributed by atoms with E-state index in [0.717, 1.165) is 5.56 Å². The molecule has 4 aromatic rings. The molecule has 46 heavy (non-hydrogen) atoms. The Morgan fingerprint density at radius 3 is 2.74 bits per heavy atom. The van der Waals surface area contributed by atoms with Crippen molar-refractivity contribution in [3.63, 3.8) is 0 Å². The maximum Gasteiger partial charge on any atom is 0.272 e. The summed E-state index contributed by atoms with van der Waals surface area (Å²) in [7, 11) is 1.52. The van der Waals surface area contributed by atoms with Crippen LogP contribution in [0.1, 0.15) is 46.0 Å². The Bertz CT molecular complexity index is 1810. The van der Waals surface area contributed by atoms with Crippen molar-refractivity contribution in [3.05, 3.63) is 76.6 Å². The molecule has 2 aliphatic heterocycles. The van der Waals surface area contributed by atoms with E-state index >= 15 is 0 Å². The van der Waals surface area contributed by atoms with E-state index in [1.54, 1.807) is 46.7 Å². The SMILES string of the molecule is COc1ccc2cc1Oc1cccc(c1)CCNC(=O)[C@H]1CN(C(=O)c3c(C)nc4sccn34)CCN1C(=O)[C@@H](C(C)C)NC2=O. The minimum Gasteiger partial charge on any atom is -0.493 e. The highest BCUT2D eigenvalue weighted by atomic mass is 32.1. The monoisotopic (exact) mass is 644 g/mol. The van der Waals surface area contributed by atoms with Crippen LogP contribution in [0.5, 0.6) is 17.2 Å². The van der Waals surface area contributed by atoms with Crippen LogP contribution in [0, 0.1) is 12.8 Å². The van der Waals surface area contributed by atoms with Crippen LogP contribution in [0.15, 0.2) is 54.0 Å². The standard InChI is InChI=1S/C33H36N6O6S/c1-19(2)27-31(42)38-13-12-37(32(43)28-20(3)35-33-39(28)14-15-46-33)18-24(38)30(41)34-11-10-21-6-5-7-23(16-21)45-26-17-22(29(40)36-27)8-9-25(26)44-4/h5-9,14-17,19,24,27H,10-13,18H2,1-4H3,(H,34,41)(H,36,40)/t24-,27-/m1/s1. The normalized spacial score (nSPS) is 19.3. The van der Waals surface area contributed by atoms with Crippen molar-refractivity contribution in [3.8, 4) is 17.2 Å². The van der Waals surface area contributed by atoms with E-state index in [9.17, 15) is 19.2 Å². The first-order valence-corrected chi connectivity index (χ1v) is 16.1. The second kappa shape index (κ2) is 12.8. The molecule has 2 atom stereocenters. The number of benzene rings is 2. The average molecular weight is 645 g/mol. The molecule has 0 unspecified atom stereocenters. The Morgan fingerprint density at radius 1 is 1.13 bits per heavy atom. The summed E-state index contributed by atoms with van der Waals surface area (Å²) in [6.45, 7) is 6.10. The number of imidazole rings is 1. The summed E-state index contributed by atoms with van der Waals surface area (Å²) < 4.78 is 13.4. The summed E-state index contributed by atoms with van der Waals surface area (Å²) >= 11 is 1.43. The van der Waals surface area contributed by atoms with E-state index in [1.807, 2.05) is 37.4 Å². The van der Waals surface area contributed by atoms with Gasteiger partial charge in [-0.25, -0.2) is 4.98 Å². The highest BCUT2D eigenvalue weighted by Gasteiger charge is 2.41. The molecule has 240 valence electrons. The largest absolute Gasteiger partial charge is 0.493 e. The van der Waals surface area contributed by atoms with Gasteiger partial charge >= 0.3 is 0 Å². The number of rotatable bonds is 3. The molecule has 1 saturated heterocycles. The van der Waals surface area contributed by atoms with Crippen molar-refractivity contribution in [2.45, 2.75) is 39.3 Å². The molecule has 6 rings (SSSR count). The number of hydrogen-bond donors (Lipinski definition) is 2. The number of piperazine rings is 1. The minimum atomic E-state index is -0.965. The number of aryl methyl sites for hydroxylation is 1. The van der Waals surface area contributed by atoms with E-state index in [4.69, 9.17) is 9.47 Å². The van der Waals surface area contributed by atoms with Gasteiger partial charge in [0.05, 0.1) is 19.3 Å². The van der Waals surface area contributed by atoms with Crippen LogP contribution in [0.3, 0.4) is 0 Å². The number of nitrogens with one attached hydrogen (secondary N) is 2. The van der Waals surface area contributed by atoms with Gasteiger partial charge in [-0.2, -0.15) is 0 Å². The summed E-state index contributed by atoms with van der Waals surface area (Å²) in [5.74, 6) is -0.441. The molecule has 4 bridgehead atoms. The number of nitrogens with zero attached hydrogens (tertiary/aromatic N) is 4. The predicted octanol–water partition coefficient (Wildman–Crippen LogP) is 3.29. The average Bonchev–Trinajstić information content (AvgIpc) is 3.62. The molecule has 13 heteroatoms. The summed E-state index contributed by atoms with van der Waals surface area (Å²) in [5.41, 5.74) is 2.24. The second-order valence-corrected chi connectivity index (χ2v) is 12.6. The third-order valence-corrected chi connectivity index (χ3v) is 9.13. The van der Waals surface area contributed by atoms with Gasteiger partial charge in [0.1, 0.15) is 23.5 Å². The topological polar surface area (TPSA) is 135 Å². The van der Waals surface area contributed by atoms with Crippen molar-refractivity contribution in [2.75, 3.05) is 33.3 Å². The van der Waals surface area contributed by atoms with Crippen LogP contribution in [0.2, 0.25) is 0 Å². The van der Waals surface area contributed by atoms with Gasteiger partial charge in [-0.15, -0.1) is 11.3 Å². The van der Waals surface area contributed by atoms with Gasteiger partial charge in [0.25, 0.3) is 11.8 Å². The maximum atomic E-state index is 14.2. The molecule has 2 aliphatic rings. The Hall–Kier alpha value is -4.91. The van der Waals surface area contributed by atoms with E-state index in [0.29, 0.717) is 46.6 Å². The number of amides is 4. The van der Waals surface area contributed by atoms with Gasteiger partial charge in [0, 0.05) is 36.8 Å². The lowest BCUT2D eigenvalue weighted by atomic mass is 9.99. The molecule has 12 nitrogen and oxygen atoms in total. The van der Waals surface area contributed by atoms with Crippen LogP contribution in [0.25, 0.3) is 4.96 Å². The van der Waals surface area contributed by atoms with Crippen LogP contribution < -0.4 is 20.1 Å². The number of carbonyl (C=O) groups is 4. The Morgan fingerprint density at radius 2 is 1.96 bits per heavy atom. The molecule has 1 fully saturated rings. The molecule has 4 heterocycles. The van der Waals surface area contributed by atoms with E-state index in [2.05, 4.69) is 15.6 Å². The minimum absolute atomic E-state index is 0.00283. The molecule has 2 N–H and O–H groups in total. The van der Waals surface area contributed by atoms with Crippen LogP contribution in [0.4, 0.5) is 0 Å². The van der Waals surface area contributed by atoms with E-state index in [-0.39, 0.29) is 42.9 Å². The van der Waals surface area contributed by atoms with Crippen molar-refractivity contribution in [1.29, 1.82) is 0 Å². The maximum absolute atomic E-state index is 14.2. The van der Waals surface area contributed by atoms with Gasteiger partial charge in [0.2, 0.25) is 11.8 Å². The number of ether oxygens (including phenoxy) is 2. The zero-order chi connectivity index (χ0) is 32.5. The molecule has 0 radical (unpaired) electrons. The number of fused-ring (bicyclic) bond motifs is 6. The fourth-order valence-electron chi connectivity index (χ4n) is 5.91. The van der Waals surface area contributed by atoms with Gasteiger partial charge < -0.3 is 29.9 Å². The third-order valence-electron chi connectivity index (χ3n) is 8.38. The lowest BCUT2D eigenvalue weighted by Crippen LogP contribution is -2.65. The van der Waals surface area contributed by atoms with Gasteiger partial charge in [-0.3, -0.25) is 23.6 Å². The first-order chi connectivity index (χ1) is 22.1. The number of thiazole rings is 1. The summed E-state index contributed by atoms with van der Waals surface area (Å²) in [4.78, 5) is 63.7. The molecular formula is C33H36N6O6S. The second-order valence-electron chi connectivity index (χ2n) is 11.8. The fraction of sp³-hybridized carbons (Fsp3) is 0.364. The van der Waals surface area contributed by atoms with E-state index in [1.165, 1.54) is 23.3 Å². The van der Waals surface area contributed by atoms with Crippen molar-refractivity contribution in [1.82, 2.24) is 29.8 Å². The van der Waals surface area contributed by atoms with Gasteiger partial charge in [0.15, 0.2) is 16.5 Å². The first kappa shape index (κ1) is 31.1. The fourth-order valence-corrected chi connectivity index (χ4v) is 6.67. The molecule has 0 spiro atoms. The van der Waals surface area contributed by atoms with Crippen LogP contribution >= 0.6 is 11.3 Å². The lowest BCUT2D eigenvalue weighted by molar-refractivity contribution is -0.145. The van der Waals surface area contributed by atoms with Gasteiger partial charge in [-0.05, 0) is 55.2 Å². The summed E-state index contributed by atoms with van der Waals surface area (Å²) in [5, 5.41) is 7.73. The lowest BCUT2D eigenvalue weighted by Gasteiger charge is -2.42. The van der Waals surface area contributed by atoms with E-state index < -0.39 is 23.9 Å². The Kier molecular flexibility index (Phi) is 8.67. The highest BCUT2D eigenvalue weighted by Crippen LogP contribution is 2.33. The number of methoxy groups -OCH3 is 1. The van der Waals surface area contributed by atoms with Crippen molar-refractivity contribution >= 4 is 39.9 Å². The third kappa shape index (κ3) is 6.02. The molecule has 2 aromatic heterocycles. The number of carbonyl (C=O) groups excluding carboxylic acids is 4. The molecule has 0 saturated carbocycles. The van der Waals surface area contributed by atoms with Crippen molar-refractivity contribution < 1.29 is 28.7 Å². The van der Waals surface area contributed by atoms with Crippen molar-refractivity contribution in [2.24, 2.45) is 5.92 Å². The first-order valence-electron chi connectivity index (χ1n) is 15.2. The molecular weight excluding hydrogens is 608 g/mol. The summed E-state index contributed by atoms with van der Waals surface area (Å²) in [6, 6.07) is 10.4.